The number of aliphatic hydroxyl groups is 1. The van der Waals surface area contributed by atoms with Crippen molar-refractivity contribution in [1.82, 2.24) is 0 Å². The average Bonchev–Trinajstić information content (AvgIpc) is 2.26. The van der Waals surface area contributed by atoms with E-state index in [4.69, 9.17) is 0 Å². The van der Waals surface area contributed by atoms with Crippen LogP contribution in [0.4, 0.5) is 0 Å². The molecule has 1 unspecified atom stereocenters. The number of allylic oxidation sites excluding steroid dienone is 2. The molecule has 0 bridgehead atoms. The van der Waals surface area contributed by atoms with E-state index in [0.29, 0.717) is 29.1 Å². The first-order chi connectivity index (χ1) is 8.64. The maximum Gasteiger partial charge on any atom is 0.165 e. The summed E-state index contributed by atoms with van der Waals surface area (Å²) in [5.74, 6) is 1.44. The Labute approximate surface area is 119 Å². The SMILES string of the molecule is CCC(C(O)=C(C)C(=O)C(C(C)C)C(C)C)C(C)C. The van der Waals surface area contributed by atoms with Gasteiger partial charge >= 0.3 is 0 Å². The van der Waals surface area contributed by atoms with E-state index in [-0.39, 0.29) is 17.6 Å². The van der Waals surface area contributed by atoms with Crippen molar-refractivity contribution in [3.05, 3.63) is 11.3 Å². The Morgan fingerprint density at radius 1 is 0.947 bits per heavy atom. The summed E-state index contributed by atoms with van der Waals surface area (Å²) in [6, 6.07) is 0. The molecule has 0 spiro atoms. The van der Waals surface area contributed by atoms with Gasteiger partial charge in [-0.05, 0) is 31.1 Å². The summed E-state index contributed by atoms with van der Waals surface area (Å²) < 4.78 is 0. The number of carbonyl (C=O) groups excluding carboxylic acids is 1. The third-order valence-electron chi connectivity index (χ3n) is 4.09. The first-order valence-electron chi connectivity index (χ1n) is 7.58. The van der Waals surface area contributed by atoms with Gasteiger partial charge in [-0.2, -0.15) is 0 Å². The number of carbonyl (C=O) groups is 1. The smallest absolute Gasteiger partial charge is 0.165 e. The molecule has 0 aromatic heterocycles. The van der Waals surface area contributed by atoms with E-state index in [1.54, 1.807) is 6.92 Å². The zero-order chi connectivity index (χ0) is 15.3. The van der Waals surface area contributed by atoms with Gasteiger partial charge < -0.3 is 5.11 Å². The van der Waals surface area contributed by atoms with Gasteiger partial charge in [0.2, 0.25) is 0 Å². The maximum atomic E-state index is 12.6. The van der Waals surface area contributed by atoms with Crippen LogP contribution in [-0.2, 0) is 4.79 Å². The zero-order valence-corrected chi connectivity index (χ0v) is 13.9. The Balaban J connectivity index is 5.36. The molecule has 19 heavy (non-hydrogen) atoms. The first kappa shape index (κ1) is 18.2. The monoisotopic (exact) mass is 268 g/mol. The van der Waals surface area contributed by atoms with Crippen LogP contribution in [-0.4, -0.2) is 10.9 Å². The van der Waals surface area contributed by atoms with Crippen molar-refractivity contribution in [2.24, 2.45) is 29.6 Å². The lowest BCUT2D eigenvalue weighted by atomic mass is 9.78. The fourth-order valence-corrected chi connectivity index (χ4v) is 3.01. The van der Waals surface area contributed by atoms with Gasteiger partial charge in [-0.1, -0.05) is 48.5 Å². The molecule has 0 fully saturated rings. The fourth-order valence-electron chi connectivity index (χ4n) is 3.01. The minimum Gasteiger partial charge on any atom is -0.512 e. The Kier molecular flexibility index (Phi) is 7.39. The van der Waals surface area contributed by atoms with E-state index in [0.717, 1.165) is 6.42 Å². The van der Waals surface area contributed by atoms with Gasteiger partial charge in [0, 0.05) is 17.4 Å². The third kappa shape index (κ3) is 4.67. The van der Waals surface area contributed by atoms with Crippen molar-refractivity contribution in [2.45, 2.75) is 61.8 Å². The fraction of sp³-hybridized carbons (Fsp3) is 0.824. The van der Waals surface area contributed by atoms with Crippen molar-refractivity contribution in [3.63, 3.8) is 0 Å². The summed E-state index contributed by atoms with van der Waals surface area (Å²) >= 11 is 0. The molecule has 1 N–H and O–H groups in total. The number of aliphatic hydroxyl groups excluding tert-OH is 1. The zero-order valence-electron chi connectivity index (χ0n) is 13.9. The Bertz CT molecular complexity index is 316. The molecule has 0 saturated heterocycles. The summed E-state index contributed by atoms with van der Waals surface area (Å²) in [5.41, 5.74) is 0.563. The van der Waals surface area contributed by atoms with E-state index in [9.17, 15) is 9.90 Å². The van der Waals surface area contributed by atoms with Gasteiger partial charge in [0.05, 0.1) is 0 Å². The van der Waals surface area contributed by atoms with E-state index < -0.39 is 0 Å². The molecular weight excluding hydrogens is 236 g/mol. The minimum atomic E-state index is -0.00758. The maximum absolute atomic E-state index is 12.6. The standard InChI is InChI=1S/C17H32O2/c1-9-14(10(2)3)16(18)13(8)17(19)15(11(4)5)12(6)7/h10-12,14-15,18H,9H2,1-8H3. The summed E-state index contributed by atoms with van der Waals surface area (Å²) in [6.07, 6.45) is 0.863. The number of ketones is 1. The van der Waals surface area contributed by atoms with Gasteiger partial charge in [-0.3, -0.25) is 4.79 Å². The van der Waals surface area contributed by atoms with Crippen molar-refractivity contribution in [1.29, 1.82) is 0 Å². The molecule has 0 radical (unpaired) electrons. The number of Topliss-reactive ketones (excluding diaryl/α,β-unsaturated/α-hetero) is 1. The van der Waals surface area contributed by atoms with Crippen molar-refractivity contribution < 1.29 is 9.90 Å². The summed E-state index contributed by atoms with van der Waals surface area (Å²) in [7, 11) is 0. The molecule has 2 heteroatoms. The molecule has 0 aliphatic rings. The Morgan fingerprint density at radius 3 is 1.63 bits per heavy atom. The molecule has 0 aromatic rings. The van der Waals surface area contributed by atoms with Crippen LogP contribution in [0.25, 0.3) is 0 Å². The molecule has 1 atom stereocenters. The summed E-state index contributed by atoms with van der Waals surface area (Å²) in [6.45, 7) is 16.3. The van der Waals surface area contributed by atoms with Crippen LogP contribution in [0.3, 0.4) is 0 Å². The van der Waals surface area contributed by atoms with Gasteiger partial charge in [0.1, 0.15) is 5.76 Å². The number of hydrogen-bond donors (Lipinski definition) is 1. The van der Waals surface area contributed by atoms with Crippen LogP contribution in [0, 0.1) is 29.6 Å². The second-order valence-corrected chi connectivity index (χ2v) is 6.65. The minimum absolute atomic E-state index is 0.00758. The van der Waals surface area contributed by atoms with Gasteiger partial charge in [-0.15, -0.1) is 0 Å². The normalized spacial score (nSPS) is 15.4. The van der Waals surface area contributed by atoms with E-state index >= 15 is 0 Å². The van der Waals surface area contributed by atoms with E-state index in [1.807, 2.05) is 0 Å². The van der Waals surface area contributed by atoms with E-state index in [2.05, 4.69) is 48.5 Å². The van der Waals surface area contributed by atoms with Gasteiger partial charge in [-0.25, -0.2) is 0 Å². The molecule has 112 valence electrons. The van der Waals surface area contributed by atoms with Crippen LogP contribution in [0.5, 0.6) is 0 Å². The quantitative estimate of drug-likeness (QED) is 0.521. The highest BCUT2D eigenvalue weighted by Gasteiger charge is 2.29. The number of rotatable bonds is 7. The highest BCUT2D eigenvalue weighted by molar-refractivity contribution is 5.97. The molecular formula is C17H32O2. The molecule has 0 rings (SSSR count). The summed E-state index contributed by atoms with van der Waals surface area (Å²) in [5, 5.41) is 10.4. The molecule has 2 nitrogen and oxygen atoms in total. The van der Waals surface area contributed by atoms with Crippen molar-refractivity contribution in [2.75, 3.05) is 0 Å². The Hall–Kier alpha value is -0.790. The van der Waals surface area contributed by atoms with Crippen LogP contribution < -0.4 is 0 Å². The second-order valence-electron chi connectivity index (χ2n) is 6.65. The first-order valence-corrected chi connectivity index (χ1v) is 7.58. The third-order valence-corrected chi connectivity index (χ3v) is 4.09. The molecule has 0 saturated carbocycles. The van der Waals surface area contributed by atoms with Gasteiger partial charge in [0.15, 0.2) is 5.78 Å². The highest BCUT2D eigenvalue weighted by atomic mass is 16.3. The van der Waals surface area contributed by atoms with Crippen LogP contribution in [0.15, 0.2) is 11.3 Å². The lowest BCUT2D eigenvalue weighted by Crippen LogP contribution is -2.28. The largest absolute Gasteiger partial charge is 0.512 e. The molecule has 0 amide bonds. The average molecular weight is 268 g/mol. The lowest BCUT2D eigenvalue weighted by molar-refractivity contribution is -0.122. The second kappa shape index (κ2) is 7.72. The predicted molar refractivity (Wildman–Crippen MR) is 82.1 cm³/mol. The van der Waals surface area contributed by atoms with Crippen LogP contribution in [0.1, 0.15) is 61.8 Å². The topological polar surface area (TPSA) is 37.3 Å². The predicted octanol–water partition coefficient (Wildman–Crippen LogP) is 5.00. The van der Waals surface area contributed by atoms with E-state index in [1.165, 1.54) is 0 Å². The van der Waals surface area contributed by atoms with Crippen LogP contribution >= 0.6 is 0 Å². The number of hydrogen-bond acceptors (Lipinski definition) is 2. The van der Waals surface area contributed by atoms with Crippen molar-refractivity contribution >= 4 is 5.78 Å². The molecule has 0 aliphatic heterocycles. The van der Waals surface area contributed by atoms with Crippen molar-refractivity contribution in [3.8, 4) is 0 Å². The van der Waals surface area contributed by atoms with Gasteiger partial charge in [0.25, 0.3) is 0 Å². The molecule has 0 aromatic carbocycles. The lowest BCUT2D eigenvalue weighted by Gasteiger charge is -2.26. The van der Waals surface area contributed by atoms with Crippen LogP contribution in [0.2, 0.25) is 0 Å². The molecule has 0 heterocycles. The molecule has 0 aliphatic carbocycles. The summed E-state index contributed by atoms with van der Waals surface area (Å²) in [4.78, 5) is 12.6. The highest BCUT2D eigenvalue weighted by Crippen LogP contribution is 2.29. The Morgan fingerprint density at radius 2 is 1.37 bits per heavy atom.